The minimum atomic E-state index is -0.205. The highest BCUT2D eigenvalue weighted by Crippen LogP contribution is 2.21. The fourth-order valence-electron chi connectivity index (χ4n) is 2.71. The van der Waals surface area contributed by atoms with Crippen LogP contribution in [-0.4, -0.2) is 0 Å². The molecule has 0 radical (unpaired) electrons. The number of hydrogen-bond donors (Lipinski definition) is 0. The standard InChI is InChI=1S/C23H21F/c1-2-3-18-4-6-19(7-5-18)8-9-20-10-12-21(13-11-20)22-14-16-23(24)17-15-22/h4-17H,2-3H2,1H3/b9-8+. The van der Waals surface area contributed by atoms with E-state index in [9.17, 15) is 4.39 Å². The Labute approximate surface area is 143 Å². The van der Waals surface area contributed by atoms with Gasteiger partial charge in [-0.15, -0.1) is 0 Å². The van der Waals surface area contributed by atoms with Gasteiger partial charge in [0.05, 0.1) is 0 Å². The van der Waals surface area contributed by atoms with Gasteiger partial charge in [-0.1, -0.05) is 86.2 Å². The molecule has 0 nitrogen and oxygen atoms in total. The van der Waals surface area contributed by atoms with Crippen molar-refractivity contribution in [1.29, 1.82) is 0 Å². The van der Waals surface area contributed by atoms with Crippen molar-refractivity contribution in [2.45, 2.75) is 19.8 Å². The van der Waals surface area contributed by atoms with Crippen LogP contribution in [0.5, 0.6) is 0 Å². The van der Waals surface area contributed by atoms with Crippen LogP contribution >= 0.6 is 0 Å². The maximum atomic E-state index is 13.0. The van der Waals surface area contributed by atoms with Gasteiger partial charge in [0.2, 0.25) is 0 Å². The normalized spacial score (nSPS) is 11.1. The van der Waals surface area contributed by atoms with Crippen molar-refractivity contribution in [3.8, 4) is 11.1 Å². The number of aryl methyl sites for hydroxylation is 1. The third-order valence-electron chi connectivity index (χ3n) is 4.07. The molecule has 3 rings (SSSR count). The smallest absolute Gasteiger partial charge is 0.123 e. The van der Waals surface area contributed by atoms with Crippen molar-refractivity contribution in [3.63, 3.8) is 0 Å². The van der Waals surface area contributed by atoms with E-state index in [0.29, 0.717) is 0 Å². The van der Waals surface area contributed by atoms with Gasteiger partial charge in [-0.25, -0.2) is 4.39 Å². The molecule has 0 saturated heterocycles. The Kier molecular flexibility index (Phi) is 5.22. The lowest BCUT2D eigenvalue weighted by Gasteiger charge is -2.02. The highest BCUT2D eigenvalue weighted by molar-refractivity contribution is 5.72. The second-order valence-electron chi connectivity index (χ2n) is 5.95. The molecule has 0 spiro atoms. The molecular weight excluding hydrogens is 295 g/mol. The van der Waals surface area contributed by atoms with Gasteiger partial charge in [-0.3, -0.25) is 0 Å². The molecule has 3 aromatic carbocycles. The summed E-state index contributed by atoms with van der Waals surface area (Å²) in [6.45, 7) is 2.20. The predicted octanol–water partition coefficient (Wildman–Crippen LogP) is 6.62. The first-order valence-electron chi connectivity index (χ1n) is 8.37. The second kappa shape index (κ2) is 7.74. The summed E-state index contributed by atoms with van der Waals surface area (Å²) in [4.78, 5) is 0. The van der Waals surface area contributed by atoms with Crippen LogP contribution in [-0.2, 0) is 6.42 Å². The van der Waals surface area contributed by atoms with E-state index in [0.717, 1.165) is 23.1 Å². The predicted molar refractivity (Wildman–Crippen MR) is 101 cm³/mol. The fourth-order valence-corrected chi connectivity index (χ4v) is 2.71. The molecule has 120 valence electrons. The summed E-state index contributed by atoms with van der Waals surface area (Å²) < 4.78 is 13.0. The zero-order valence-electron chi connectivity index (χ0n) is 13.9. The van der Waals surface area contributed by atoms with Gasteiger partial charge >= 0.3 is 0 Å². The highest BCUT2D eigenvalue weighted by atomic mass is 19.1. The number of rotatable bonds is 5. The third kappa shape index (κ3) is 4.20. The second-order valence-corrected chi connectivity index (χ2v) is 5.95. The zero-order chi connectivity index (χ0) is 16.8. The van der Waals surface area contributed by atoms with Crippen LogP contribution in [0.15, 0.2) is 72.8 Å². The van der Waals surface area contributed by atoms with Crippen LogP contribution in [0.4, 0.5) is 4.39 Å². The van der Waals surface area contributed by atoms with Crippen molar-refractivity contribution < 1.29 is 4.39 Å². The van der Waals surface area contributed by atoms with Crippen molar-refractivity contribution in [2.24, 2.45) is 0 Å². The van der Waals surface area contributed by atoms with E-state index >= 15 is 0 Å². The molecule has 0 saturated carbocycles. The van der Waals surface area contributed by atoms with E-state index in [4.69, 9.17) is 0 Å². The summed E-state index contributed by atoms with van der Waals surface area (Å²) in [6.07, 6.45) is 6.55. The molecule has 1 heteroatoms. The minimum Gasteiger partial charge on any atom is -0.207 e. The Morgan fingerprint density at radius 2 is 1.12 bits per heavy atom. The number of halogens is 1. The first kappa shape index (κ1) is 16.2. The number of hydrogen-bond acceptors (Lipinski definition) is 0. The SMILES string of the molecule is CCCc1ccc(/C=C/c2ccc(-c3ccc(F)cc3)cc2)cc1. The van der Waals surface area contributed by atoms with E-state index in [2.05, 4.69) is 67.6 Å². The highest BCUT2D eigenvalue weighted by Gasteiger charge is 1.98. The average molecular weight is 316 g/mol. The summed E-state index contributed by atoms with van der Waals surface area (Å²) in [7, 11) is 0. The van der Waals surface area contributed by atoms with E-state index in [1.54, 1.807) is 12.1 Å². The Balaban J connectivity index is 1.70. The van der Waals surface area contributed by atoms with E-state index < -0.39 is 0 Å². The summed E-state index contributed by atoms with van der Waals surface area (Å²) in [5.74, 6) is -0.205. The van der Waals surface area contributed by atoms with Crippen LogP contribution in [0.3, 0.4) is 0 Å². The molecule has 0 N–H and O–H groups in total. The summed E-state index contributed by atoms with van der Waals surface area (Å²) in [5.41, 5.74) is 5.86. The Bertz CT molecular complexity index is 794. The van der Waals surface area contributed by atoms with Gasteiger partial charge in [0.15, 0.2) is 0 Å². The quantitative estimate of drug-likeness (QED) is 0.464. The van der Waals surface area contributed by atoms with Gasteiger partial charge in [-0.05, 0) is 46.4 Å². The van der Waals surface area contributed by atoms with E-state index in [1.807, 2.05) is 0 Å². The van der Waals surface area contributed by atoms with Crippen LogP contribution in [0.2, 0.25) is 0 Å². The average Bonchev–Trinajstić information content (AvgIpc) is 2.63. The molecule has 0 amide bonds. The molecule has 3 aromatic rings. The van der Waals surface area contributed by atoms with Gasteiger partial charge in [-0.2, -0.15) is 0 Å². The third-order valence-corrected chi connectivity index (χ3v) is 4.07. The number of benzene rings is 3. The first-order chi connectivity index (χ1) is 11.7. The molecule has 0 heterocycles. The van der Waals surface area contributed by atoms with Crippen molar-refractivity contribution in [1.82, 2.24) is 0 Å². The lowest BCUT2D eigenvalue weighted by atomic mass is 10.0. The molecule has 0 aliphatic heterocycles. The largest absolute Gasteiger partial charge is 0.207 e. The van der Waals surface area contributed by atoms with Gasteiger partial charge in [0.1, 0.15) is 5.82 Å². The van der Waals surface area contributed by atoms with Crippen molar-refractivity contribution in [3.05, 3.63) is 95.3 Å². The molecular formula is C23H21F. The maximum absolute atomic E-state index is 13.0. The molecule has 0 atom stereocenters. The minimum absolute atomic E-state index is 0.205. The summed E-state index contributed by atoms with van der Waals surface area (Å²) >= 11 is 0. The fraction of sp³-hybridized carbons (Fsp3) is 0.130. The Morgan fingerprint density at radius 3 is 1.62 bits per heavy atom. The molecule has 0 fully saturated rings. The van der Waals surface area contributed by atoms with Gasteiger partial charge in [0, 0.05) is 0 Å². The molecule has 24 heavy (non-hydrogen) atoms. The molecule has 0 unspecified atom stereocenters. The maximum Gasteiger partial charge on any atom is 0.123 e. The Hall–Kier alpha value is -2.67. The molecule has 0 aromatic heterocycles. The van der Waals surface area contributed by atoms with E-state index in [1.165, 1.54) is 29.7 Å². The van der Waals surface area contributed by atoms with Crippen LogP contribution < -0.4 is 0 Å². The summed E-state index contributed by atoms with van der Waals surface area (Å²) in [5, 5.41) is 0. The first-order valence-corrected chi connectivity index (χ1v) is 8.37. The monoisotopic (exact) mass is 316 g/mol. The van der Waals surface area contributed by atoms with Crippen molar-refractivity contribution in [2.75, 3.05) is 0 Å². The lowest BCUT2D eigenvalue weighted by molar-refractivity contribution is 0.628. The lowest BCUT2D eigenvalue weighted by Crippen LogP contribution is -1.82. The van der Waals surface area contributed by atoms with Crippen LogP contribution in [0, 0.1) is 5.82 Å². The van der Waals surface area contributed by atoms with Crippen molar-refractivity contribution >= 4 is 12.2 Å². The molecule has 0 bridgehead atoms. The zero-order valence-corrected chi connectivity index (χ0v) is 13.9. The molecule has 0 aliphatic rings. The Morgan fingerprint density at radius 1 is 0.667 bits per heavy atom. The van der Waals surface area contributed by atoms with E-state index in [-0.39, 0.29) is 5.82 Å². The van der Waals surface area contributed by atoms with Gasteiger partial charge < -0.3 is 0 Å². The summed E-state index contributed by atoms with van der Waals surface area (Å²) in [6, 6.07) is 23.6. The van der Waals surface area contributed by atoms with Crippen LogP contribution in [0.25, 0.3) is 23.3 Å². The topological polar surface area (TPSA) is 0 Å². The van der Waals surface area contributed by atoms with Gasteiger partial charge in [0.25, 0.3) is 0 Å². The van der Waals surface area contributed by atoms with Crippen LogP contribution in [0.1, 0.15) is 30.0 Å². The molecule has 0 aliphatic carbocycles.